The number of halogens is 2. The maximum absolute atomic E-state index is 11.8. The second-order valence-electron chi connectivity index (χ2n) is 5.58. The number of hydrogen-bond donors (Lipinski definition) is 0. The van der Waals surface area contributed by atoms with Crippen molar-refractivity contribution in [3.05, 3.63) is 30.2 Å². The Balaban J connectivity index is 1.65. The number of methoxy groups -OCH3 is 1. The second-order valence-corrected chi connectivity index (χ2v) is 6.68. The number of ether oxygens (including phenoxy) is 1. The Morgan fingerprint density at radius 2 is 1.96 bits per heavy atom. The summed E-state index contributed by atoms with van der Waals surface area (Å²) in [6.45, 7) is 1.17. The van der Waals surface area contributed by atoms with Crippen LogP contribution in [0.4, 0.5) is 0 Å². The van der Waals surface area contributed by atoms with E-state index < -0.39 is 4.84 Å². The number of nitrogens with zero attached hydrogens (tertiary/aromatic N) is 3. The third-order valence-electron chi connectivity index (χ3n) is 4.13. The zero-order valence-electron chi connectivity index (χ0n) is 13.1. The maximum Gasteiger partial charge on any atom is 0.255 e. The molecule has 1 amide bonds. The molecule has 1 aromatic carbocycles. The van der Waals surface area contributed by atoms with Gasteiger partial charge < -0.3 is 14.2 Å². The molecular weight excluding hydrogens is 353 g/mol. The van der Waals surface area contributed by atoms with E-state index in [0.717, 1.165) is 24.2 Å². The van der Waals surface area contributed by atoms with Gasteiger partial charge in [0.25, 0.3) is 5.91 Å². The first-order valence-electron chi connectivity index (χ1n) is 7.63. The van der Waals surface area contributed by atoms with E-state index in [0.29, 0.717) is 24.8 Å². The lowest BCUT2D eigenvalue weighted by molar-refractivity contribution is -0.130. The maximum atomic E-state index is 11.8. The Hall–Kier alpha value is -1.79. The van der Waals surface area contributed by atoms with Crippen LogP contribution in [-0.4, -0.2) is 46.0 Å². The minimum atomic E-state index is -1.01. The molecule has 0 atom stereocenters. The molecule has 2 aromatic rings. The summed E-state index contributed by atoms with van der Waals surface area (Å²) in [7, 11) is 1.62. The molecule has 128 valence electrons. The van der Waals surface area contributed by atoms with Crippen LogP contribution >= 0.6 is 23.2 Å². The van der Waals surface area contributed by atoms with E-state index in [1.807, 2.05) is 24.3 Å². The highest BCUT2D eigenvalue weighted by Crippen LogP contribution is 2.29. The molecule has 0 radical (unpaired) electrons. The van der Waals surface area contributed by atoms with Crippen molar-refractivity contribution < 1.29 is 14.1 Å². The van der Waals surface area contributed by atoms with Gasteiger partial charge >= 0.3 is 0 Å². The van der Waals surface area contributed by atoms with E-state index in [9.17, 15) is 4.79 Å². The average molecular weight is 370 g/mol. The SMILES string of the molecule is COc1ccc(-c2noc(C3CCN(C(=O)C(Cl)Cl)CC3)n2)cc1. The molecule has 0 saturated carbocycles. The van der Waals surface area contributed by atoms with Gasteiger partial charge in [-0.1, -0.05) is 28.4 Å². The minimum Gasteiger partial charge on any atom is -0.497 e. The molecule has 3 rings (SSSR count). The third kappa shape index (κ3) is 3.65. The lowest BCUT2D eigenvalue weighted by Crippen LogP contribution is -2.40. The van der Waals surface area contributed by atoms with Gasteiger partial charge in [-0.2, -0.15) is 4.98 Å². The fourth-order valence-electron chi connectivity index (χ4n) is 2.74. The van der Waals surface area contributed by atoms with Crippen LogP contribution in [0.2, 0.25) is 0 Å². The van der Waals surface area contributed by atoms with E-state index in [2.05, 4.69) is 10.1 Å². The molecular formula is C16H17Cl2N3O3. The van der Waals surface area contributed by atoms with Crippen molar-refractivity contribution in [3.8, 4) is 17.1 Å². The first kappa shape index (κ1) is 17.0. The number of alkyl halides is 2. The highest BCUT2D eigenvalue weighted by atomic mass is 35.5. The van der Waals surface area contributed by atoms with Crippen LogP contribution in [-0.2, 0) is 4.79 Å². The van der Waals surface area contributed by atoms with Gasteiger partial charge in [-0.25, -0.2) is 0 Å². The molecule has 0 bridgehead atoms. The van der Waals surface area contributed by atoms with Crippen molar-refractivity contribution in [3.63, 3.8) is 0 Å². The molecule has 6 nitrogen and oxygen atoms in total. The Kier molecular flexibility index (Phi) is 5.26. The fourth-order valence-corrected chi connectivity index (χ4v) is 3.02. The van der Waals surface area contributed by atoms with Gasteiger partial charge in [-0.05, 0) is 37.1 Å². The molecule has 0 spiro atoms. The van der Waals surface area contributed by atoms with E-state index in [1.54, 1.807) is 12.0 Å². The standard InChI is InChI=1S/C16H17Cl2N3O3/c1-23-12-4-2-10(3-5-12)14-19-15(24-20-14)11-6-8-21(9-7-11)16(22)13(17)18/h2-5,11,13H,6-9H2,1H3. The van der Waals surface area contributed by atoms with E-state index >= 15 is 0 Å². The predicted molar refractivity (Wildman–Crippen MR) is 90.3 cm³/mol. The third-order valence-corrected chi connectivity index (χ3v) is 4.51. The largest absolute Gasteiger partial charge is 0.497 e. The van der Waals surface area contributed by atoms with Crippen molar-refractivity contribution in [1.82, 2.24) is 15.0 Å². The topological polar surface area (TPSA) is 68.5 Å². The number of aromatic nitrogens is 2. The molecule has 1 fully saturated rings. The first-order chi connectivity index (χ1) is 11.6. The summed E-state index contributed by atoms with van der Waals surface area (Å²) in [6.07, 6.45) is 1.49. The lowest BCUT2D eigenvalue weighted by Gasteiger charge is -2.30. The Labute approximate surface area is 149 Å². The second kappa shape index (κ2) is 7.40. The highest BCUT2D eigenvalue weighted by molar-refractivity contribution is 6.53. The summed E-state index contributed by atoms with van der Waals surface area (Å²) in [5.41, 5.74) is 0.866. The number of piperidine rings is 1. The van der Waals surface area contributed by atoms with Crippen LogP contribution in [0.25, 0.3) is 11.4 Å². The van der Waals surface area contributed by atoms with Crippen LogP contribution in [0.5, 0.6) is 5.75 Å². The molecule has 0 unspecified atom stereocenters. The number of rotatable bonds is 4. The van der Waals surface area contributed by atoms with Gasteiger partial charge in [-0.3, -0.25) is 4.79 Å². The molecule has 1 aliphatic rings. The summed E-state index contributed by atoms with van der Waals surface area (Å²) in [5.74, 6) is 1.81. The van der Waals surface area contributed by atoms with E-state index in [-0.39, 0.29) is 11.8 Å². The summed E-state index contributed by atoms with van der Waals surface area (Å²) in [4.78, 5) is 16.9. The quantitative estimate of drug-likeness (QED) is 0.773. The molecule has 1 aliphatic heterocycles. The fraction of sp³-hybridized carbons (Fsp3) is 0.438. The zero-order valence-corrected chi connectivity index (χ0v) is 14.6. The van der Waals surface area contributed by atoms with Crippen molar-refractivity contribution in [1.29, 1.82) is 0 Å². The van der Waals surface area contributed by atoms with Crippen molar-refractivity contribution in [2.45, 2.75) is 23.6 Å². The van der Waals surface area contributed by atoms with Gasteiger partial charge in [0.05, 0.1) is 7.11 Å². The van der Waals surface area contributed by atoms with E-state index in [1.165, 1.54) is 0 Å². The molecule has 24 heavy (non-hydrogen) atoms. The van der Waals surface area contributed by atoms with Crippen LogP contribution in [0.3, 0.4) is 0 Å². The zero-order chi connectivity index (χ0) is 17.1. The van der Waals surface area contributed by atoms with Gasteiger partial charge in [0.2, 0.25) is 11.7 Å². The van der Waals surface area contributed by atoms with Crippen molar-refractivity contribution in [2.75, 3.05) is 20.2 Å². The molecule has 0 N–H and O–H groups in total. The summed E-state index contributed by atoms with van der Waals surface area (Å²) < 4.78 is 10.5. The highest BCUT2D eigenvalue weighted by Gasteiger charge is 2.29. The molecule has 1 aromatic heterocycles. The van der Waals surface area contributed by atoms with E-state index in [4.69, 9.17) is 32.5 Å². The van der Waals surface area contributed by atoms with Crippen molar-refractivity contribution >= 4 is 29.1 Å². The van der Waals surface area contributed by atoms with Crippen molar-refractivity contribution in [2.24, 2.45) is 0 Å². The van der Waals surface area contributed by atoms with Crippen LogP contribution in [0, 0.1) is 0 Å². The number of likely N-dealkylation sites (tertiary alicyclic amines) is 1. The molecule has 2 heterocycles. The smallest absolute Gasteiger partial charge is 0.255 e. The number of carbonyl (C=O) groups is 1. The Bertz CT molecular complexity index is 695. The Morgan fingerprint density at radius 3 is 2.54 bits per heavy atom. The number of carbonyl (C=O) groups excluding carboxylic acids is 1. The molecule has 8 heteroatoms. The van der Waals surface area contributed by atoms with Crippen LogP contribution in [0.1, 0.15) is 24.7 Å². The summed E-state index contributed by atoms with van der Waals surface area (Å²) in [5, 5.41) is 4.05. The monoisotopic (exact) mass is 369 g/mol. The predicted octanol–water partition coefficient (Wildman–Crippen LogP) is 3.25. The van der Waals surface area contributed by atoms with Gasteiger partial charge in [0.15, 0.2) is 4.84 Å². The van der Waals surface area contributed by atoms with Gasteiger partial charge in [-0.15, -0.1) is 0 Å². The minimum absolute atomic E-state index is 0.137. The lowest BCUT2D eigenvalue weighted by atomic mass is 9.97. The normalized spacial score (nSPS) is 15.8. The molecule has 1 saturated heterocycles. The summed E-state index contributed by atoms with van der Waals surface area (Å²) >= 11 is 11.3. The van der Waals surface area contributed by atoms with Gasteiger partial charge in [0.1, 0.15) is 5.75 Å². The first-order valence-corrected chi connectivity index (χ1v) is 8.50. The van der Waals surface area contributed by atoms with Crippen LogP contribution in [0.15, 0.2) is 28.8 Å². The number of benzene rings is 1. The number of hydrogen-bond acceptors (Lipinski definition) is 5. The summed E-state index contributed by atoms with van der Waals surface area (Å²) in [6, 6.07) is 7.47. The average Bonchev–Trinajstić information content (AvgIpc) is 3.11. The van der Waals surface area contributed by atoms with Gasteiger partial charge in [0, 0.05) is 24.6 Å². The van der Waals surface area contributed by atoms with Crippen LogP contribution < -0.4 is 4.74 Å². The molecule has 0 aliphatic carbocycles. The number of amides is 1. The Morgan fingerprint density at radius 1 is 1.29 bits per heavy atom.